The monoisotopic (exact) mass is 388 g/mol. The fourth-order valence-electron chi connectivity index (χ4n) is 3.31. The quantitative estimate of drug-likeness (QED) is 0.431. The van der Waals surface area contributed by atoms with Crippen LogP contribution in [0, 0.1) is 0 Å². The summed E-state index contributed by atoms with van der Waals surface area (Å²) in [5.41, 5.74) is 1.84. The van der Waals surface area contributed by atoms with E-state index in [0.717, 1.165) is 76.8 Å². The highest BCUT2D eigenvalue weighted by Gasteiger charge is 2.14. The molecular weight excluding hydrogens is 352 g/mol. The molecule has 2 rings (SSSR count). The van der Waals surface area contributed by atoms with Gasteiger partial charge in [-0.25, -0.2) is 0 Å². The van der Waals surface area contributed by atoms with E-state index in [1.807, 2.05) is 24.3 Å². The molecule has 3 N–H and O–H groups in total. The number of piperazine rings is 1. The SMILES string of the molecule is CCNC(=NCCN1CCN(CC)CC1)NCCc1cccc(C(=O)NC)c1. The Balaban J connectivity index is 1.76. The van der Waals surface area contributed by atoms with Crippen LogP contribution in [-0.2, 0) is 6.42 Å². The van der Waals surface area contributed by atoms with E-state index in [1.54, 1.807) is 7.05 Å². The van der Waals surface area contributed by atoms with E-state index in [-0.39, 0.29) is 5.91 Å². The third kappa shape index (κ3) is 7.48. The fourth-order valence-corrected chi connectivity index (χ4v) is 3.31. The van der Waals surface area contributed by atoms with Crippen molar-refractivity contribution in [2.24, 2.45) is 4.99 Å². The molecule has 1 heterocycles. The molecule has 0 aliphatic carbocycles. The van der Waals surface area contributed by atoms with Gasteiger partial charge in [-0.3, -0.25) is 14.7 Å². The number of nitrogens with zero attached hydrogens (tertiary/aromatic N) is 3. The molecule has 1 aromatic carbocycles. The van der Waals surface area contributed by atoms with Crippen LogP contribution in [0.25, 0.3) is 0 Å². The highest BCUT2D eigenvalue weighted by atomic mass is 16.1. The first kappa shape index (κ1) is 22.2. The molecule has 0 saturated carbocycles. The summed E-state index contributed by atoms with van der Waals surface area (Å²) in [7, 11) is 1.65. The van der Waals surface area contributed by atoms with Gasteiger partial charge in [0.15, 0.2) is 5.96 Å². The lowest BCUT2D eigenvalue weighted by Gasteiger charge is -2.33. The minimum Gasteiger partial charge on any atom is -0.357 e. The molecule has 7 heteroatoms. The number of amides is 1. The topological polar surface area (TPSA) is 72.0 Å². The van der Waals surface area contributed by atoms with Gasteiger partial charge >= 0.3 is 0 Å². The number of carbonyl (C=O) groups is 1. The van der Waals surface area contributed by atoms with Gasteiger partial charge in [0.2, 0.25) is 0 Å². The normalized spacial score (nSPS) is 16.0. The minimum atomic E-state index is -0.0514. The average molecular weight is 389 g/mol. The summed E-state index contributed by atoms with van der Waals surface area (Å²) in [6.45, 7) is 13.5. The molecule has 0 radical (unpaired) electrons. The number of nitrogens with one attached hydrogen (secondary N) is 3. The highest BCUT2D eigenvalue weighted by molar-refractivity contribution is 5.94. The number of aliphatic imine (C=N–C) groups is 1. The Morgan fingerprint density at radius 2 is 1.86 bits per heavy atom. The van der Waals surface area contributed by atoms with Crippen molar-refractivity contribution in [1.82, 2.24) is 25.8 Å². The van der Waals surface area contributed by atoms with Gasteiger partial charge in [-0.15, -0.1) is 0 Å². The van der Waals surface area contributed by atoms with Crippen LogP contribution in [0.15, 0.2) is 29.3 Å². The van der Waals surface area contributed by atoms with E-state index in [0.29, 0.717) is 5.56 Å². The number of likely N-dealkylation sites (N-methyl/N-ethyl adjacent to an activating group) is 1. The lowest BCUT2D eigenvalue weighted by atomic mass is 10.1. The predicted octanol–water partition coefficient (Wildman–Crippen LogP) is 0.781. The zero-order valence-electron chi connectivity index (χ0n) is 17.6. The van der Waals surface area contributed by atoms with Gasteiger partial charge in [0.05, 0.1) is 6.54 Å². The Morgan fingerprint density at radius 1 is 1.11 bits per heavy atom. The maximum atomic E-state index is 11.8. The first-order chi connectivity index (χ1) is 13.7. The maximum absolute atomic E-state index is 11.8. The van der Waals surface area contributed by atoms with E-state index < -0.39 is 0 Å². The summed E-state index contributed by atoms with van der Waals surface area (Å²) in [4.78, 5) is 21.4. The molecule has 1 amide bonds. The second-order valence-corrected chi connectivity index (χ2v) is 6.99. The summed E-state index contributed by atoms with van der Waals surface area (Å²) < 4.78 is 0. The van der Waals surface area contributed by atoms with Gasteiger partial charge in [0.1, 0.15) is 0 Å². The molecule has 1 fully saturated rings. The van der Waals surface area contributed by atoms with Crippen molar-refractivity contribution in [2.45, 2.75) is 20.3 Å². The van der Waals surface area contributed by atoms with E-state index in [9.17, 15) is 4.79 Å². The summed E-state index contributed by atoms with van der Waals surface area (Å²) >= 11 is 0. The molecule has 0 atom stereocenters. The van der Waals surface area contributed by atoms with Crippen LogP contribution < -0.4 is 16.0 Å². The summed E-state index contributed by atoms with van der Waals surface area (Å²) in [6, 6.07) is 7.76. The number of guanidine groups is 1. The highest BCUT2D eigenvalue weighted by Crippen LogP contribution is 2.05. The van der Waals surface area contributed by atoms with Crippen molar-refractivity contribution < 1.29 is 4.79 Å². The molecule has 1 saturated heterocycles. The summed E-state index contributed by atoms with van der Waals surface area (Å²) in [5, 5.41) is 9.37. The Hall–Kier alpha value is -2.12. The van der Waals surface area contributed by atoms with Gasteiger partial charge in [-0.05, 0) is 37.6 Å². The van der Waals surface area contributed by atoms with Crippen LogP contribution in [0.4, 0.5) is 0 Å². The third-order valence-electron chi connectivity index (χ3n) is 5.06. The molecule has 156 valence electrons. The number of rotatable bonds is 9. The van der Waals surface area contributed by atoms with Gasteiger partial charge < -0.3 is 20.9 Å². The number of benzene rings is 1. The first-order valence-electron chi connectivity index (χ1n) is 10.4. The predicted molar refractivity (Wildman–Crippen MR) is 116 cm³/mol. The van der Waals surface area contributed by atoms with E-state index >= 15 is 0 Å². The molecule has 7 nitrogen and oxygen atoms in total. The molecule has 1 aliphatic rings. The van der Waals surface area contributed by atoms with E-state index in [2.05, 4.69) is 39.6 Å². The molecule has 0 spiro atoms. The van der Waals surface area contributed by atoms with Gasteiger partial charge in [0.25, 0.3) is 5.91 Å². The lowest BCUT2D eigenvalue weighted by Crippen LogP contribution is -2.47. The van der Waals surface area contributed by atoms with Crippen molar-refractivity contribution in [3.05, 3.63) is 35.4 Å². The largest absolute Gasteiger partial charge is 0.357 e. The van der Waals surface area contributed by atoms with Crippen molar-refractivity contribution in [2.75, 3.05) is 66.0 Å². The second kappa shape index (κ2) is 12.4. The van der Waals surface area contributed by atoms with Crippen molar-refractivity contribution >= 4 is 11.9 Å². The lowest BCUT2D eigenvalue weighted by molar-refractivity contribution is 0.0963. The summed E-state index contributed by atoms with van der Waals surface area (Å²) in [6.07, 6.45) is 0.841. The van der Waals surface area contributed by atoms with Crippen molar-refractivity contribution in [3.8, 4) is 0 Å². The number of carbonyl (C=O) groups excluding carboxylic acids is 1. The first-order valence-corrected chi connectivity index (χ1v) is 10.4. The van der Waals surface area contributed by atoms with Crippen LogP contribution >= 0.6 is 0 Å². The van der Waals surface area contributed by atoms with Gasteiger partial charge in [-0.1, -0.05) is 19.1 Å². The van der Waals surface area contributed by atoms with Gasteiger partial charge in [0, 0.05) is 58.4 Å². The number of hydrogen-bond donors (Lipinski definition) is 3. The minimum absolute atomic E-state index is 0.0514. The van der Waals surface area contributed by atoms with Crippen molar-refractivity contribution in [3.63, 3.8) is 0 Å². The third-order valence-corrected chi connectivity index (χ3v) is 5.06. The molecular formula is C21H36N6O. The maximum Gasteiger partial charge on any atom is 0.251 e. The molecule has 28 heavy (non-hydrogen) atoms. The van der Waals surface area contributed by atoms with Crippen LogP contribution in [0.3, 0.4) is 0 Å². The molecule has 0 bridgehead atoms. The molecule has 1 aromatic rings. The van der Waals surface area contributed by atoms with Crippen molar-refractivity contribution in [1.29, 1.82) is 0 Å². The Morgan fingerprint density at radius 3 is 2.54 bits per heavy atom. The second-order valence-electron chi connectivity index (χ2n) is 6.99. The Kier molecular flexibility index (Phi) is 9.79. The Bertz CT molecular complexity index is 625. The zero-order valence-corrected chi connectivity index (χ0v) is 17.6. The molecule has 0 unspecified atom stereocenters. The van der Waals surface area contributed by atoms with Crippen LogP contribution in [-0.4, -0.2) is 87.6 Å². The molecule has 1 aliphatic heterocycles. The Labute approximate surface area is 169 Å². The number of hydrogen-bond acceptors (Lipinski definition) is 4. The standard InChI is InChI=1S/C21H36N6O/c1-4-23-21(25-11-12-27-15-13-26(5-2)14-16-27)24-10-9-18-7-6-8-19(17-18)20(28)22-3/h6-8,17H,4-5,9-16H2,1-3H3,(H,22,28)(H2,23,24,25). The summed E-state index contributed by atoms with van der Waals surface area (Å²) in [5.74, 6) is 0.807. The van der Waals surface area contributed by atoms with E-state index in [4.69, 9.17) is 4.99 Å². The van der Waals surface area contributed by atoms with Crippen LogP contribution in [0.2, 0.25) is 0 Å². The average Bonchev–Trinajstić information content (AvgIpc) is 2.74. The molecule has 0 aromatic heterocycles. The zero-order chi connectivity index (χ0) is 20.2. The smallest absolute Gasteiger partial charge is 0.251 e. The van der Waals surface area contributed by atoms with E-state index in [1.165, 1.54) is 0 Å². The van der Waals surface area contributed by atoms with Crippen LogP contribution in [0.1, 0.15) is 29.8 Å². The van der Waals surface area contributed by atoms with Gasteiger partial charge in [-0.2, -0.15) is 0 Å². The fraction of sp³-hybridized carbons (Fsp3) is 0.619. The van der Waals surface area contributed by atoms with Crippen LogP contribution in [0.5, 0.6) is 0 Å².